The van der Waals surface area contributed by atoms with E-state index in [1.807, 2.05) is 0 Å². The van der Waals surface area contributed by atoms with E-state index >= 15 is 0 Å². The van der Waals surface area contributed by atoms with Gasteiger partial charge in [0.2, 0.25) is 0 Å². The van der Waals surface area contributed by atoms with Crippen LogP contribution in [0.3, 0.4) is 0 Å². The minimum atomic E-state index is 0.307. The first-order valence-electron chi connectivity index (χ1n) is 7.92. The van der Waals surface area contributed by atoms with Crippen molar-refractivity contribution in [2.45, 2.75) is 53.5 Å². The lowest BCUT2D eigenvalue weighted by Gasteiger charge is -2.22. The molecule has 0 saturated heterocycles. The molecule has 0 bridgehead atoms. The van der Waals surface area contributed by atoms with Crippen molar-refractivity contribution in [1.82, 2.24) is 5.32 Å². The van der Waals surface area contributed by atoms with E-state index in [2.05, 4.69) is 58.1 Å². The Kier molecular flexibility index (Phi) is 7.86. The lowest BCUT2D eigenvalue weighted by molar-refractivity contribution is 0.102. The number of hydrogen-bond donors (Lipinski definition) is 1. The van der Waals surface area contributed by atoms with E-state index in [0.29, 0.717) is 12.0 Å². The van der Waals surface area contributed by atoms with Crippen molar-refractivity contribution in [3.63, 3.8) is 0 Å². The second-order valence-electron chi connectivity index (χ2n) is 6.12. The quantitative estimate of drug-likeness (QED) is 0.675. The van der Waals surface area contributed by atoms with Gasteiger partial charge in [-0.25, -0.2) is 0 Å². The zero-order valence-electron chi connectivity index (χ0n) is 13.8. The molecule has 0 aliphatic carbocycles. The van der Waals surface area contributed by atoms with Crippen LogP contribution >= 0.6 is 0 Å². The summed E-state index contributed by atoms with van der Waals surface area (Å²) in [6.45, 7) is 13.7. The lowest BCUT2D eigenvalue weighted by atomic mass is 9.99. The SMILES string of the molecule is CCCNC(COCCC(C)C)c1cc(C)ccc1C. The Balaban J connectivity index is 2.65. The molecule has 0 aliphatic rings. The molecule has 1 N–H and O–H groups in total. The molecule has 1 aromatic rings. The molecule has 0 aromatic heterocycles. The second kappa shape index (κ2) is 9.15. The van der Waals surface area contributed by atoms with Gasteiger partial charge in [-0.2, -0.15) is 0 Å². The highest BCUT2D eigenvalue weighted by molar-refractivity contribution is 5.33. The van der Waals surface area contributed by atoms with Gasteiger partial charge in [0.25, 0.3) is 0 Å². The van der Waals surface area contributed by atoms with Gasteiger partial charge in [-0.3, -0.25) is 0 Å². The summed E-state index contributed by atoms with van der Waals surface area (Å²) >= 11 is 0. The standard InChI is InChI=1S/C18H31NO/c1-6-10-19-18(13-20-11-9-14(2)3)17-12-15(4)7-8-16(17)5/h7-8,12,14,18-19H,6,9-11,13H2,1-5H3. The first-order chi connectivity index (χ1) is 9.54. The molecule has 1 rings (SSSR count). The molecular weight excluding hydrogens is 246 g/mol. The zero-order valence-corrected chi connectivity index (χ0v) is 13.8. The van der Waals surface area contributed by atoms with Gasteiger partial charge in [0.05, 0.1) is 12.6 Å². The average Bonchev–Trinajstić information content (AvgIpc) is 2.41. The van der Waals surface area contributed by atoms with Crippen LogP contribution in [0.5, 0.6) is 0 Å². The normalized spacial score (nSPS) is 12.9. The van der Waals surface area contributed by atoms with Gasteiger partial charge in [-0.05, 0) is 50.3 Å². The van der Waals surface area contributed by atoms with Crippen LogP contribution in [0.15, 0.2) is 18.2 Å². The fourth-order valence-electron chi connectivity index (χ4n) is 2.23. The smallest absolute Gasteiger partial charge is 0.0661 e. The molecule has 0 aliphatic heterocycles. The van der Waals surface area contributed by atoms with E-state index in [-0.39, 0.29) is 0 Å². The van der Waals surface area contributed by atoms with Gasteiger partial charge in [0.1, 0.15) is 0 Å². The number of aryl methyl sites for hydroxylation is 2. The average molecular weight is 277 g/mol. The van der Waals surface area contributed by atoms with Crippen LogP contribution in [0.2, 0.25) is 0 Å². The summed E-state index contributed by atoms with van der Waals surface area (Å²) in [7, 11) is 0. The summed E-state index contributed by atoms with van der Waals surface area (Å²) in [5.74, 6) is 0.706. The molecule has 0 heterocycles. The Labute approximate surface area is 124 Å². The molecule has 1 atom stereocenters. The molecular formula is C18H31NO. The summed E-state index contributed by atoms with van der Waals surface area (Å²) in [5.41, 5.74) is 4.04. The van der Waals surface area contributed by atoms with E-state index in [9.17, 15) is 0 Å². The number of rotatable bonds is 9. The van der Waals surface area contributed by atoms with Crippen LogP contribution in [0.4, 0.5) is 0 Å². The summed E-state index contributed by atoms with van der Waals surface area (Å²) in [6.07, 6.45) is 2.28. The summed E-state index contributed by atoms with van der Waals surface area (Å²) in [6, 6.07) is 6.98. The highest BCUT2D eigenvalue weighted by Crippen LogP contribution is 2.20. The maximum atomic E-state index is 5.89. The third-order valence-corrected chi connectivity index (χ3v) is 3.57. The molecule has 1 unspecified atom stereocenters. The molecule has 114 valence electrons. The fourth-order valence-corrected chi connectivity index (χ4v) is 2.23. The van der Waals surface area contributed by atoms with Crippen LogP contribution in [0.25, 0.3) is 0 Å². The van der Waals surface area contributed by atoms with E-state index in [1.54, 1.807) is 0 Å². The lowest BCUT2D eigenvalue weighted by Crippen LogP contribution is -2.27. The van der Waals surface area contributed by atoms with Crippen molar-refractivity contribution in [1.29, 1.82) is 0 Å². The molecule has 0 radical (unpaired) electrons. The van der Waals surface area contributed by atoms with E-state index in [1.165, 1.54) is 16.7 Å². The van der Waals surface area contributed by atoms with Gasteiger partial charge in [0.15, 0.2) is 0 Å². The number of nitrogens with one attached hydrogen (secondary N) is 1. The van der Waals surface area contributed by atoms with Crippen molar-refractivity contribution in [2.24, 2.45) is 5.92 Å². The van der Waals surface area contributed by atoms with Crippen molar-refractivity contribution in [3.8, 4) is 0 Å². The fraction of sp³-hybridized carbons (Fsp3) is 0.667. The van der Waals surface area contributed by atoms with Crippen LogP contribution in [0, 0.1) is 19.8 Å². The summed E-state index contributed by atoms with van der Waals surface area (Å²) in [4.78, 5) is 0. The maximum absolute atomic E-state index is 5.89. The Hall–Kier alpha value is -0.860. The number of ether oxygens (including phenoxy) is 1. The Morgan fingerprint density at radius 3 is 2.60 bits per heavy atom. The Morgan fingerprint density at radius 2 is 1.95 bits per heavy atom. The summed E-state index contributed by atoms with van der Waals surface area (Å²) < 4.78 is 5.89. The predicted molar refractivity (Wildman–Crippen MR) is 87.2 cm³/mol. The van der Waals surface area contributed by atoms with Crippen LogP contribution < -0.4 is 5.32 Å². The molecule has 20 heavy (non-hydrogen) atoms. The van der Waals surface area contributed by atoms with Crippen molar-refractivity contribution >= 4 is 0 Å². The Bertz CT molecular complexity index is 387. The highest BCUT2D eigenvalue weighted by Gasteiger charge is 2.13. The zero-order chi connectivity index (χ0) is 15.0. The summed E-state index contributed by atoms with van der Waals surface area (Å²) in [5, 5.41) is 3.62. The number of benzene rings is 1. The number of hydrogen-bond acceptors (Lipinski definition) is 2. The van der Waals surface area contributed by atoms with Crippen molar-refractivity contribution < 1.29 is 4.74 Å². The van der Waals surface area contributed by atoms with Crippen molar-refractivity contribution in [3.05, 3.63) is 34.9 Å². The third kappa shape index (κ3) is 6.06. The van der Waals surface area contributed by atoms with E-state index in [4.69, 9.17) is 4.74 Å². The molecule has 2 nitrogen and oxygen atoms in total. The Morgan fingerprint density at radius 1 is 1.20 bits per heavy atom. The van der Waals surface area contributed by atoms with Gasteiger partial charge in [-0.15, -0.1) is 0 Å². The molecule has 1 aromatic carbocycles. The highest BCUT2D eigenvalue weighted by atomic mass is 16.5. The van der Waals surface area contributed by atoms with Crippen molar-refractivity contribution in [2.75, 3.05) is 19.8 Å². The van der Waals surface area contributed by atoms with E-state index < -0.39 is 0 Å². The van der Waals surface area contributed by atoms with E-state index in [0.717, 1.165) is 32.6 Å². The molecule has 0 amide bonds. The predicted octanol–water partition coefficient (Wildman–Crippen LogP) is 4.41. The van der Waals surface area contributed by atoms with Gasteiger partial charge in [0, 0.05) is 6.61 Å². The van der Waals surface area contributed by atoms with Gasteiger partial charge < -0.3 is 10.1 Å². The first kappa shape index (κ1) is 17.2. The van der Waals surface area contributed by atoms with Crippen LogP contribution in [-0.2, 0) is 4.74 Å². The largest absolute Gasteiger partial charge is 0.379 e. The van der Waals surface area contributed by atoms with Gasteiger partial charge >= 0.3 is 0 Å². The maximum Gasteiger partial charge on any atom is 0.0661 e. The van der Waals surface area contributed by atoms with Crippen LogP contribution in [-0.4, -0.2) is 19.8 Å². The molecule has 0 fully saturated rings. The topological polar surface area (TPSA) is 21.3 Å². The first-order valence-corrected chi connectivity index (χ1v) is 7.92. The monoisotopic (exact) mass is 277 g/mol. The van der Waals surface area contributed by atoms with Crippen LogP contribution in [0.1, 0.15) is 56.3 Å². The minimum Gasteiger partial charge on any atom is -0.379 e. The third-order valence-electron chi connectivity index (χ3n) is 3.57. The minimum absolute atomic E-state index is 0.307. The molecule has 0 spiro atoms. The molecule has 0 saturated carbocycles. The molecule has 2 heteroatoms. The van der Waals surface area contributed by atoms with Gasteiger partial charge in [-0.1, -0.05) is 44.5 Å². The second-order valence-corrected chi connectivity index (χ2v) is 6.12.